The number of anilines is 1. The molecule has 0 fully saturated rings. The van der Waals surface area contributed by atoms with E-state index in [1.165, 1.54) is 0 Å². The second-order valence-electron chi connectivity index (χ2n) is 3.42. The summed E-state index contributed by atoms with van der Waals surface area (Å²) < 4.78 is 1.73. The molecule has 2 heterocycles. The molecule has 0 aliphatic rings. The van der Waals surface area contributed by atoms with Crippen LogP contribution < -0.4 is 10.6 Å². The fourth-order valence-corrected chi connectivity index (χ4v) is 1.43. The first-order chi connectivity index (χ1) is 7.70. The lowest BCUT2D eigenvalue weighted by Gasteiger charge is -2.05. The van der Waals surface area contributed by atoms with Gasteiger partial charge < -0.3 is 10.6 Å². The molecule has 0 radical (unpaired) electrons. The van der Waals surface area contributed by atoms with Crippen LogP contribution in [0.2, 0.25) is 0 Å². The molecule has 0 saturated carbocycles. The van der Waals surface area contributed by atoms with Gasteiger partial charge in [-0.3, -0.25) is 4.79 Å². The van der Waals surface area contributed by atoms with Crippen molar-refractivity contribution in [1.82, 2.24) is 19.9 Å². The van der Waals surface area contributed by atoms with Gasteiger partial charge >= 0.3 is 0 Å². The van der Waals surface area contributed by atoms with Crippen LogP contribution in [-0.2, 0) is 4.79 Å². The monoisotopic (exact) mass is 219 g/mol. The molecule has 16 heavy (non-hydrogen) atoms. The first-order valence-electron chi connectivity index (χ1n) is 4.96. The number of nitrogens with zero attached hydrogens (tertiary/aromatic N) is 3. The Morgan fingerprint density at radius 2 is 2.38 bits per heavy atom. The van der Waals surface area contributed by atoms with E-state index in [0.29, 0.717) is 5.82 Å². The average molecular weight is 219 g/mol. The van der Waals surface area contributed by atoms with Crippen molar-refractivity contribution in [3.8, 4) is 0 Å². The van der Waals surface area contributed by atoms with Crippen LogP contribution in [0.3, 0.4) is 0 Å². The van der Waals surface area contributed by atoms with Gasteiger partial charge in [-0.2, -0.15) is 5.10 Å². The molecule has 2 rings (SSSR count). The molecule has 0 unspecified atom stereocenters. The number of aromatic nitrogens is 3. The Hall–Kier alpha value is -2.11. The predicted molar refractivity (Wildman–Crippen MR) is 60.3 cm³/mol. The Balaban J connectivity index is 2.26. The molecule has 0 aliphatic carbocycles. The van der Waals surface area contributed by atoms with Crippen molar-refractivity contribution in [2.75, 3.05) is 18.9 Å². The number of carbonyl (C=O) groups excluding carboxylic acids is 1. The summed E-state index contributed by atoms with van der Waals surface area (Å²) in [4.78, 5) is 15.3. The van der Waals surface area contributed by atoms with Crippen LogP contribution in [0, 0.1) is 6.92 Å². The third-order valence-electron chi connectivity index (χ3n) is 2.21. The van der Waals surface area contributed by atoms with Gasteiger partial charge in [-0.15, -0.1) is 0 Å². The third-order valence-corrected chi connectivity index (χ3v) is 2.21. The Morgan fingerprint density at radius 3 is 3.12 bits per heavy atom. The summed E-state index contributed by atoms with van der Waals surface area (Å²) in [6.45, 7) is 2.11. The zero-order valence-corrected chi connectivity index (χ0v) is 9.19. The maximum Gasteiger partial charge on any atom is 0.239 e. The molecule has 2 aromatic heterocycles. The number of likely N-dealkylation sites (N-methyl/N-ethyl adjacent to an activating group) is 1. The third kappa shape index (κ3) is 1.95. The maximum atomic E-state index is 11.1. The maximum absolute atomic E-state index is 11.1. The second kappa shape index (κ2) is 4.18. The molecule has 0 aliphatic heterocycles. The number of nitrogens with one attached hydrogen (secondary N) is 2. The first-order valence-corrected chi connectivity index (χ1v) is 4.96. The van der Waals surface area contributed by atoms with Gasteiger partial charge in [-0.1, -0.05) is 0 Å². The Bertz CT molecular complexity index is 519. The van der Waals surface area contributed by atoms with Crippen LogP contribution in [0.25, 0.3) is 5.52 Å². The quantitative estimate of drug-likeness (QED) is 0.773. The number of hydrogen-bond acceptors (Lipinski definition) is 4. The van der Waals surface area contributed by atoms with Gasteiger partial charge in [0, 0.05) is 19.4 Å². The summed E-state index contributed by atoms with van der Waals surface area (Å²) >= 11 is 0. The van der Waals surface area contributed by atoms with Crippen molar-refractivity contribution < 1.29 is 4.79 Å². The highest BCUT2D eigenvalue weighted by molar-refractivity contribution is 5.81. The van der Waals surface area contributed by atoms with E-state index in [9.17, 15) is 4.79 Å². The topological polar surface area (TPSA) is 71.3 Å². The minimum Gasteiger partial charge on any atom is -0.359 e. The molecule has 84 valence electrons. The lowest BCUT2D eigenvalue weighted by molar-refractivity contribution is -0.118. The van der Waals surface area contributed by atoms with Gasteiger partial charge in [-0.05, 0) is 13.0 Å². The van der Waals surface area contributed by atoms with Gasteiger partial charge in [0.05, 0.1) is 12.2 Å². The molecule has 0 atom stereocenters. The lowest BCUT2D eigenvalue weighted by Crippen LogP contribution is -2.26. The number of hydrogen-bond donors (Lipinski definition) is 2. The summed E-state index contributed by atoms with van der Waals surface area (Å²) in [5.74, 6) is 0.576. The molecule has 0 spiro atoms. The van der Waals surface area contributed by atoms with Crippen molar-refractivity contribution in [2.45, 2.75) is 6.92 Å². The van der Waals surface area contributed by atoms with Crippen LogP contribution in [0.5, 0.6) is 0 Å². The summed E-state index contributed by atoms with van der Waals surface area (Å²) in [6, 6.07) is 1.92. The van der Waals surface area contributed by atoms with E-state index in [-0.39, 0.29) is 12.5 Å². The van der Waals surface area contributed by atoms with Crippen molar-refractivity contribution >= 4 is 17.2 Å². The molecule has 6 nitrogen and oxygen atoms in total. The summed E-state index contributed by atoms with van der Waals surface area (Å²) in [5, 5.41) is 9.76. The number of aryl methyl sites for hydroxylation is 1. The van der Waals surface area contributed by atoms with Gasteiger partial charge in [0.25, 0.3) is 0 Å². The highest BCUT2D eigenvalue weighted by Crippen LogP contribution is 2.13. The van der Waals surface area contributed by atoms with Gasteiger partial charge in [-0.25, -0.2) is 9.50 Å². The predicted octanol–water partition coefficient (Wildman–Crippen LogP) is 0.196. The molecule has 0 saturated heterocycles. The Kier molecular flexibility index (Phi) is 2.72. The Labute approximate surface area is 92.7 Å². The summed E-state index contributed by atoms with van der Waals surface area (Å²) in [6.07, 6.45) is 3.42. The standard InChI is InChI=1S/C10H13N5O/c1-7-5-8-10(13-6-9(16)11-2)12-3-4-15(8)14-7/h3-5H,6H2,1-2H3,(H,11,16)(H,12,13). The number of carbonyl (C=O) groups is 1. The summed E-state index contributed by atoms with van der Waals surface area (Å²) in [5.41, 5.74) is 1.78. The second-order valence-corrected chi connectivity index (χ2v) is 3.42. The van der Waals surface area contributed by atoms with Crippen molar-refractivity contribution in [2.24, 2.45) is 0 Å². The molecular formula is C10H13N5O. The first kappa shape index (κ1) is 10.4. The van der Waals surface area contributed by atoms with Crippen molar-refractivity contribution in [3.05, 3.63) is 24.2 Å². The zero-order valence-electron chi connectivity index (χ0n) is 9.19. The molecule has 2 aromatic rings. The molecule has 6 heteroatoms. The van der Waals surface area contributed by atoms with Gasteiger partial charge in [0.15, 0.2) is 5.82 Å². The van der Waals surface area contributed by atoms with E-state index in [2.05, 4.69) is 20.7 Å². The van der Waals surface area contributed by atoms with E-state index < -0.39 is 0 Å². The van der Waals surface area contributed by atoms with E-state index in [0.717, 1.165) is 11.2 Å². The highest BCUT2D eigenvalue weighted by Gasteiger charge is 2.05. The molecule has 1 amide bonds. The van der Waals surface area contributed by atoms with Gasteiger partial charge in [0.2, 0.25) is 5.91 Å². The minimum absolute atomic E-state index is 0.0833. The molecule has 0 aromatic carbocycles. The highest BCUT2D eigenvalue weighted by atomic mass is 16.1. The molecule has 0 bridgehead atoms. The summed E-state index contributed by atoms with van der Waals surface area (Å²) in [7, 11) is 1.60. The van der Waals surface area contributed by atoms with E-state index in [4.69, 9.17) is 0 Å². The molecular weight excluding hydrogens is 206 g/mol. The Morgan fingerprint density at radius 1 is 1.56 bits per heavy atom. The van der Waals surface area contributed by atoms with Crippen molar-refractivity contribution in [1.29, 1.82) is 0 Å². The van der Waals surface area contributed by atoms with E-state index in [1.54, 1.807) is 24.0 Å². The number of fused-ring (bicyclic) bond motifs is 1. The van der Waals surface area contributed by atoms with E-state index in [1.807, 2.05) is 13.0 Å². The lowest BCUT2D eigenvalue weighted by atomic mass is 10.4. The normalized spacial score (nSPS) is 10.4. The molecule has 2 N–H and O–H groups in total. The van der Waals surface area contributed by atoms with Crippen LogP contribution in [0.1, 0.15) is 5.69 Å². The minimum atomic E-state index is -0.0833. The fourth-order valence-electron chi connectivity index (χ4n) is 1.43. The SMILES string of the molecule is CNC(=O)CNc1nccn2nc(C)cc12. The fraction of sp³-hybridized carbons (Fsp3) is 0.300. The number of amides is 1. The van der Waals surface area contributed by atoms with Crippen LogP contribution in [0.4, 0.5) is 5.82 Å². The zero-order chi connectivity index (χ0) is 11.5. The van der Waals surface area contributed by atoms with Crippen LogP contribution >= 0.6 is 0 Å². The van der Waals surface area contributed by atoms with Crippen LogP contribution in [-0.4, -0.2) is 34.1 Å². The number of rotatable bonds is 3. The smallest absolute Gasteiger partial charge is 0.239 e. The van der Waals surface area contributed by atoms with Gasteiger partial charge in [0.1, 0.15) is 5.52 Å². The van der Waals surface area contributed by atoms with Crippen LogP contribution in [0.15, 0.2) is 18.5 Å². The largest absolute Gasteiger partial charge is 0.359 e. The van der Waals surface area contributed by atoms with E-state index >= 15 is 0 Å². The average Bonchev–Trinajstić information content (AvgIpc) is 2.66. The van der Waals surface area contributed by atoms with Crippen molar-refractivity contribution in [3.63, 3.8) is 0 Å².